The molecule has 2 aliphatic heterocycles. The third-order valence-corrected chi connectivity index (χ3v) is 9.01. The number of aryl methyl sites for hydroxylation is 1. The van der Waals surface area contributed by atoms with Gasteiger partial charge in [0.1, 0.15) is 5.82 Å². The molecule has 4 atom stereocenters. The number of nitrogens with one attached hydrogen (secondary N) is 1. The minimum atomic E-state index is -0.253. The van der Waals surface area contributed by atoms with Gasteiger partial charge in [-0.3, -0.25) is 4.98 Å². The number of hydrogen-bond donors (Lipinski definition) is 1. The second-order valence-electron chi connectivity index (χ2n) is 11.6. The molecular weight excluding hydrogens is 553 g/mol. The van der Waals surface area contributed by atoms with Gasteiger partial charge in [0.25, 0.3) is 0 Å². The van der Waals surface area contributed by atoms with Crippen molar-refractivity contribution in [3.05, 3.63) is 106 Å². The maximum atomic E-state index is 13.7. The molecule has 2 aromatic heterocycles. The van der Waals surface area contributed by atoms with Gasteiger partial charge in [-0.25, -0.2) is 4.39 Å². The molecule has 1 N–H and O–H groups in total. The van der Waals surface area contributed by atoms with Crippen LogP contribution in [-0.2, 0) is 0 Å². The van der Waals surface area contributed by atoms with Gasteiger partial charge in [-0.05, 0) is 111 Å². The molecule has 5 nitrogen and oxygen atoms in total. The summed E-state index contributed by atoms with van der Waals surface area (Å²) < 4.78 is 15.9. The maximum absolute atomic E-state index is 13.7. The molecule has 4 heterocycles. The highest BCUT2D eigenvalue weighted by Crippen LogP contribution is 2.45. The van der Waals surface area contributed by atoms with Gasteiger partial charge in [-0.15, -0.1) is 0 Å². The van der Waals surface area contributed by atoms with Crippen LogP contribution in [0, 0.1) is 31.5 Å². The molecular formula is C33H35ClFN5S. The Kier molecular flexibility index (Phi) is 7.51. The highest BCUT2D eigenvalue weighted by atomic mass is 35.5. The van der Waals surface area contributed by atoms with Crippen LogP contribution in [0.2, 0.25) is 5.02 Å². The van der Waals surface area contributed by atoms with Crippen molar-refractivity contribution >= 4 is 40.3 Å². The van der Waals surface area contributed by atoms with E-state index in [1.54, 1.807) is 0 Å². The van der Waals surface area contributed by atoms with Crippen LogP contribution in [0.25, 0.3) is 5.69 Å². The Bertz CT molecular complexity index is 1560. The molecule has 0 amide bonds. The van der Waals surface area contributed by atoms with Crippen molar-refractivity contribution in [2.75, 3.05) is 22.9 Å². The zero-order valence-corrected chi connectivity index (χ0v) is 25.4. The van der Waals surface area contributed by atoms with Crippen molar-refractivity contribution in [2.45, 2.75) is 46.2 Å². The topological polar surface area (TPSA) is 36.3 Å². The fraction of sp³-hybridized carbons (Fsp3) is 0.333. The van der Waals surface area contributed by atoms with E-state index in [0.29, 0.717) is 16.9 Å². The number of hydrogen-bond acceptors (Lipinski definition) is 3. The van der Waals surface area contributed by atoms with E-state index < -0.39 is 0 Å². The van der Waals surface area contributed by atoms with Crippen LogP contribution in [0.4, 0.5) is 15.8 Å². The average Bonchev–Trinajstić information content (AvgIpc) is 3.44. The average molecular weight is 588 g/mol. The lowest BCUT2D eigenvalue weighted by molar-refractivity contribution is 0.357. The summed E-state index contributed by atoms with van der Waals surface area (Å²) in [5.74, 6) is 1.01. The molecule has 2 aliphatic rings. The van der Waals surface area contributed by atoms with Gasteiger partial charge in [-0.1, -0.05) is 31.5 Å². The molecule has 4 aromatic rings. The van der Waals surface area contributed by atoms with Crippen molar-refractivity contribution in [2.24, 2.45) is 11.8 Å². The normalized spacial score (nSPS) is 22.7. The predicted molar refractivity (Wildman–Crippen MR) is 170 cm³/mol. The van der Waals surface area contributed by atoms with Gasteiger partial charge in [0.15, 0.2) is 5.11 Å². The first-order valence-electron chi connectivity index (χ1n) is 14.2. The third kappa shape index (κ3) is 5.22. The number of anilines is 2. The number of rotatable bonds is 5. The van der Waals surface area contributed by atoms with E-state index in [1.165, 1.54) is 18.6 Å². The molecule has 2 saturated heterocycles. The Balaban J connectivity index is 1.44. The van der Waals surface area contributed by atoms with E-state index in [9.17, 15) is 4.39 Å². The van der Waals surface area contributed by atoms with Gasteiger partial charge in [-0.2, -0.15) is 0 Å². The van der Waals surface area contributed by atoms with Crippen LogP contribution in [0.3, 0.4) is 0 Å². The smallest absolute Gasteiger partial charge is 0.174 e. The first-order valence-corrected chi connectivity index (χ1v) is 15.0. The maximum Gasteiger partial charge on any atom is 0.174 e. The molecule has 212 valence electrons. The summed E-state index contributed by atoms with van der Waals surface area (Å²) >= 11 is 13.0. The quantitative estimate of drug-likeness (QED) is 0.240. The molecule has 0 radical (unpaired) electrons. The first-order chi connectivity index (χ1) is 19.7. The molecule has 8 heteroatoms. The van der Waals surface area contributed by atoms with Crippen molar-refractivity contribution in [1.29, 1.82) is 0 Å². The van der Waals surface area contributed by atoms with Gasteiger partial charge in [0, 0.05) is 42.0 Å². The second kappa shape index (κ2) is 11.1. The van der Waals surface area contributed by atoms with Gasteiger partial charge >= 0.3 is 0 Å². The highest BCUT2D eigenvalue weighted by Gasteiger charge is 2.42. The summed E-state index contributed by atoms with van der Waals surface area (Å²) in [6.07, 6.45) is 3.06. The van der Waals surface area contributed by atoms with Crippen molar-refractivity contribution in [3.8, 4) is 5.69 Å². The van der Waals surface area contributed by atoms with Crippen LogP contribution in [0.5, 0.6) is 0 Å². The van der Waals surface area contributed by atoms with E-state index in [-0.39, 0.29) is 17.9 Å². The fourth-order valence-electron chi connectivity index (χ4n) is 6.79. The molecule has 2 fully saturated rings. The summed E-state index contributed by atoms with van der Waals surface area (Å²) in [6.45, 7) is 10.8. The van der Waals surface area contributed by atoms with E-state index >= 15 is 0 Å². The van der Waals surface area contributed by atoms with E-state index in [4.69, 9.17) is 28.8 Å². The summed E-state index contributed by atoms with van der Waals surface area (Å²) in [5, 5.41) is 4.91. The molecule has 0 bridgehead atoms. The number of benzene rings is 2. The Hall–Kier alpha value is -3.42. The standard InChI is InChI=1S/C33H35ClFN5S/c1-20-15-21(2)19-38(18-20)30-13-12-26(17-28(30)34)40-32(31(37-33(40)41)29-7-5-6-14-36-29)27-16-22(3)39(23(27)4)25-10-8-24(35)9-11-25/h5-14,16-17,20-21,31-32H,15,18-19H2,1-4H3,(H,37,41)/t20-,21-,31+,32-/m1/s1. The molecule has 0 aliphatic carbocycles. The van der Waals surface area contributed by atoms with Crippen LogP contribution in [0.1, 0.15) is 55.0 Å². The summed E-state index contributed by atoms with van der Waals surface area (Å²) in [7, 11) is 0. The van der Waals surface area contributed by atoms with Crippen LogP contribution >= 0.6 is 23.8 Å². The van der Waals surface area contributed by atoms with Crippen molar-refractivity contribution in [3.63, 3.8) is 0 Å². The molecule has 2 aromatic carbocycles. The van der Waals surface area contributed by atoms with Gasteiger partial charge in [0.05, 0.1) is 28.5 Å². The predicted octanol–water partition coefficient (Wildman–Crippen LogP) is 7.94. The first kappa shape index (κ1) is 27.7. The zero-order chi connectivity index (χ0) is 28.8. The molecule has 41 heavy (non-hydrogen) atoms. The molecule has 0 unspecified atom stereocenters. The lowest BCUT2D eigenvalue weighted by Gasteiger charge is -2.37. The number of piperidine rings is 1. The third-order valence-electron chi connectivity index (χ3n) is 8.39. The summed E-state index contributed by atoms with van der Waals surface area (Å²) in [6, 6.07) is 20.7. The van der Waals surface area contributed by atoms with E-state index in [0.717, 1.165) is 57.8 Å². The second-order valence-corrected chi connectivity index (χ2v) is 12.4. The van der Waals surface area contributed by atoms with Crippen LogP contribution < -0.4 is 15.1 Å². The summed E-state index contributed by atoms with van der Waals surface area (Å²) in [4.78, 5) is 9.28. The fourth-order valence-corrected chi connectivity index (χ4v) is 7.43. The Morgan fingerprint density at radius 2 is 1.66 bits per heavy atom. The Morgan fingerprint density at radius 3 is 2.32 bits per heavy atom. The van der Waals surface area contributed by atoms with Crippen LogP contribution in [-0.4, -0.2) is 27.8 Å². The number of nitrogens with zero attached hydrogens (tertiary/aromatic N) is 4. The largest absolute Gasteiger partial charge is 0.370 e. The Morgan fingerprint density at radius 1 is 0.951 bits per heavy atom. The minimum absolute atomic E-state index is 0.172. The number of aromatic nitrogens is 2. The van der Waals surface area contributed by atoms with E-state index in [1.807, 2.05) is 42.6 Å². The van der Waals surface area contributed by atoms with Crippen LogP contribution in [0.15, 0.2) is 72.9 Å². The lowest BCUT2D eigenvalue weighted by Crippen LogP contribution is -2.38. The van der Waals surface area contributed by atoms with E-state index in [2.05, 4.69) is 65.6 Å². The Labute approximate surface area is 252 Å². The lowest BCUT2D eigenvalue weighted by atomic mass is 9.91. The molecule has 0 saturated carbocycles. The highest BCUT2D eigenvalue weighted by molar-refractivity contribution is 7.80. The zero-order valence-electron chi connectivity index (χ0n) is 23.8. The number of halogens is 2. The van der Waals surface area contributed by atoms with Crippen molar-refractivity contribution in [1.82, 2.24) is 14.9 Å². The SMILES string of the molecule is Cc1cc([C@@H]2[C@H](c3ccccn3)NC(=S)N2c2ccc(N3C[C@H](C)C[C@@H](C)C3)c(Cl)c2)c(C)n1-c1ccc(F)cc1. The molecule has 6 rings (SSSR count). The number of pyridine rings is 1. The van der Waals surface area contributed by atoms with Gasteiger partial charge in [0.2, 0.25) is 0 Å². The summed E-state index contributed by atoms with van der Waals surface area (Å²) in [5.41, 5.74) is 7.07. The van der Waals surface area contributed by atoms with Gasteiger partial charge < -0.3 is 19.7 Å². The van der Waals surface area contributed by atoms with Crippen molar-refractivity contribution < 1.29 is 4.39 Å². The minimum Gasteiger partial charge on any atom is -0.370 e. The monoisotopic (exact) mass is 587 g/mol. The number of thiocarbonyl (C=S) groups is 1. The molecule has 0 spiro atoms.